The van der Waals surface area contributed by atoms with Crippen molar-refractivity contribution in [2.24, 2.45) is 0 Å². The third-order valence-electron chi connectivity index (χ3n) is 5.08. The van der Waals surface area contributed by atoms with Crippen molar-refractivity contribution in [2.75, 3.05) is 6.54 Å². The van der Waals surface area contributed by atoms with Gasteiger partial charge >= 0.3 is 0 Å². The van der Waals surface area contributed by atoms with E-state index in [2.05, 4.69) is 29.0 Å². The SMILES string of the molecule is CCCNC1CC2CCCC(C1)N2Cc1ncc(CC)o1. The van der Waals surface area contributed by atoms with E-state index in [9.17, 15) is 0 Å². The first kappa shape index (κ1) is 15.0. The summed E-state index contributed by atoms with van der Waals surface area (Å²) in [6.45, 7) is 6.42. The molecular formula is C17H29N3O. The Labute approximate surface area is 128 Å². The van der Waals surface area contributed by atoms with Crippen LogP contribution in [-0.2, 0) is 13.0 Å². The van der Waals surface area contributed by atoms with Gasteiger partial charge in [-0.3, -0.25) is 4.90 Å². The minimum absolute atomic E-state index is 0.712. The molecule has 1 aromatic rings. The molecule has 0 aliphatic carbocycles. The number of oxazole rings is 1. The minimum Gasteiger partial charge on any atom is -0.444 e. The predicted molar refractivity (Wildman–Crippen MR) is 84.2 cm³/mol. The fourth-order valence-electron chi connectivity index (χ4n) is 3.99. The predicted octanol–water partition coefficient (Wildman–Crippen LogP) is 3.12. The Morgan fingerprint density at radius 2 is 2.05 bits per heavy atom. The van der Waals surface area contributed by atoms with Crippen molar-refractivity contribution in [3.05, 3.63) is 17.8 Å². The van der Waals surface area contributed by atoms with Crippen LogP contribution in [0.2, 0.25) is 0 Å². The van der Waals surface area contributed by atoms with Crippen LogP contribution >= 0.6 is 0 Å². The van der Waals surface area contributed by atoms with Crippen LogP contribution in [0.25, 0.3) is 0 Å². The third kappa shape index (κ3) is 3.49. The molecule has 3 rings (SSSR count). The van der Waals surface area contributed by atoms with E-state index < -0.39 is 0 Å². The molecule has 1 aromatic heterocycles. The van der Waals surface area contributed by atoms with Crippen LogP contribution in [0.3, 0.4) is 0 Å². The molecule has 2 aliphatic rings. The zero-order chi connectivity index (χ0) is 14.7. The highest BCUT2D eigenvalue weighted by Crippen LogP contribution is 2.35. The molecule has 3 heterocycles. The molecule has 1 N–H and O–H groups in total. The van der Waals surface area contributed by atoms with Crippen molar-refractivity contribution in [2.45, 2.75) is 83.5 Å². The molecule has 2 unspecified atom stereocenters. The fraction of sp³-hybridized carbons (Fsp3) is 0.824. The second-order valence-electron chi connectivity index (χ2n) is 6.61. The van der Waals surface area contributed by atoms with E-state index in [1.54, 1.807) is 0 Å². The molecule has 2 bridgehead atoms. The number of nitrogens with zero attached hydrogens (tertiary/aromatic N) is 2. The monoisotopic (exact) mass is 291 g/mol. The zero-order valence-electron chi connectivity index (χ0n) is 13.5. The van der Waals surface area contributed by atoms with Crippen LogP contribution in [-0.4, -0.2) is 34.6 Å². The van der Waals surface area contributed by atoms with Gasteiger partial charge in [0.25, 0.3) is 0 Å². The summed E-state index contributed by atoms with van der Waals surface area (Å²) >= 11 is 0. The number of aryl methyl sites for hydroxylation is 1. The molecule has 4 heteroatoms. The Kier molecular flexibility index (Phi) is 4.96. The van der Waals surface area contributed by atoms with Crippen molar-refractivity contribution in [3.8, 4) is 0 Å². The molecule has 0 aromatic carbocycles. The number of piperidine rings is 2. The highest BCUT2D eigenvalue weighted by Gasteiger charge is 2.38. The topological polar surface area (TPSA) is 41.3 Å². The van der Waals surface area contributed by atoms with E-state index in [4.69, 9.17) is 4.42 Å². The van der Waals surface area contributed by atoms with Gasteiger partial charge in [0.05, 0.1) is 12.7 Å². The summed E-state index contributed by atoms with van der Waals surface area (Å²) < 4.78 is 5.82. The fourth-order valence-corrected chi connectivity index (χ4v) is 3.99. The van der Waals surface area contributed by atoms with Gasteiger partial charge in [-0.2, -0.15) is 0 Å². The number of hydrogen-bond donors (Lipinski definition) is 1. The summed E-state index contributed by atoms with van der Waals surface area (Å²) in [5.74, 6) is 1.92. The Hall–Kier alpha value is -0.870. The quantitative estimate of drug-likeness (QED) is 0.874. The lowest BCUT2D eigenvalue weighted by molar-refractivity contribution is 0.0114. The summed E-state index contributed by atoms with van der Waals surface area (Å²) in [6, 6.07) is 2.14. The molecule has 0 saturated carbocycles. The maximum Gasteiger partial charge on any atom is 0.208 e. The largest absolute Gasteiger partial charge is 0.444 e. The van der Waals surface area contributed by atoms with Gasteiger partial charge in [-0.15, -0.1) is 0 Å². The van der Waals surface area contributed by atoms with Crippen molar-refractivity contribution in [1.29, 1.82) is 0 Å². The lowest BCUT2D eigenvalue weighted by Gasteiger charge is -2.48. The highest BCUT2D eigenvalue weighted by molar-refractivity contribution is 4.99. The maximum atomic E-state index is 5.82. The van der Waals surface area contributed by atoms with Crippen LogP contribution in [0.15, 0.2) is 10.6 Å². The second-order valence-corrected chi connectivity index (χ2v) is 6.61. The van der Waals surface area contributed by atoms with E-state index >= 15 is 0 Å². The van der Waals surface area contributed by atoms with E-state index in [1.807, 2.05) is 6.20 Å². The molecule has 2 aliphatic heterocycles. The van der Waals surface area contributed by atoms with Gasteiger partial charge in [-0.05, 0) is 38.6 Å². The number of aromatic nitrogens is 1. The van der Waals surface area contributed by atoms with Gasteiger partial charge in [0.1, 0.15) is 5.76 Å². The molecule has 2 saturated heterocycles. The van der Waals surface area contributed by atoms with Gasteiger partial charge in [0.2, 0.25) is 5.89 Å². The second kappa shape index (κ2) is 6.93. The van der Waals surface area contributed by atoms with Gasteiger partial charge in [-0.1, -0.05) is 20.3 Å². The van der Waals surface area contributed by atoms with Crippen LogP contribution in [0.1, 0.15) is 64.0 Å². The molecule has 0 amide bonds. The first-order chi connectivity index (χ1) is 10.3. The Balaban J connectivity index is 1.63. The zero-order valence-corrected chi connectivity index (χ0v) is 13.5. The van der Waals surface area contributed by atoms with Crippen molar-refractivity contribution in [3.63, 3.8) is 0 Å². The van der Waals surface area contributed by atoms with Gasteiger partial charge in [0, 0.05) is 24.5 Å². The summed E-state index contributed by atoms with van der Waals surface area (Å²) in [4.78, 5) is 7.12. The number of hydrogen-bond acceptors (Lipinski definition) is 4. The lowest BCUT2D eigenvalue weighted by Crippen LogP contribution is -2.55. The summed E-state index contributed by atoms with van der Waals surface area (Å²) in [6.07, 6.45) is 10.7. The first-order valence-electron chi connectivity index (χ1n) is 8.72. The molecule has 2 fully saturated rings. The average Bonchev–Trinajstić information content (AvgIpc) is 2.93. The van der Waals surface area contributed by atoms with Crippen LogP contribution < -0.4 is 5.32 Å². The molecule has 0 radical (unpaired) electrons. The minimum atomic E-state index is 0.712. The van der Waals surface area contributed by atoms with E-state index in [-0.39, 0.29) is 0 Å². The molecular weight excluding hydrogens is 262 g/mol. The normalized spacial score (nSPS) is 29.7. The molecule has 21 heavy (non-hydrogen) atoms. The van der Waals surface area contributed by atoms with Gasteiger partial charge in [0.15, 0.2) is 0 Å². The highest BCUT2D eigenvalue weighted by atomic mass is 16.4. The van der Waals surface area contributed by atoms with Crippen molar-refractivity contribution < 1.29 is 4.42 Å². The molecule has 118 valence electrons. The smallest absolute Gasteiger partial charge is 0.208 e. The first-order valence-corrected chi connectivity index (χ1v) is 8.72. The van der Waals surface area contributed by atoms with E-state index in [1.165, 1.54) is 38.5 Å². The summed E-state index contributed by atoms with van der Waals surface area (Å²) in [5.41, 5.74) is 0. The van der Waals surface area contributed by atoms with Gasteiger partial charge in [-0.25, -0.2) is 4.98 Å². The Bertz CT molecular complexity index is 431. The molecule has 2 atom stereocenters. The third-order valence-corrected chi connectivity index (χ3v) is 5.08. The Morgan fingerprint density at radius 3 is 2.67 bits per heavy atom. The van der Waals surface area contributed by atoms with Crippen LogP contribution in [0, 0.1) is 0 Å². The molecule has 4 nitrogen and oxygen atoms in total. The maximum absolute atomic E-state index is 5.82. The van der Waals surface area contributed by atoms with Gasteiger partial charge < -0.3 is 9.73 Å². The van der Waals surface area contributed by atoms with Crippen molar-refractivity contribution in [1.82, 2.24) is 15.2 Å². The standard InChI is InChI=1S/C17H29N3O/c1-3-8-18-13-9-14-6-5-7-15(10-13)20(14)12-17-19-11-16(4-2)21-17/h11,13-15,18H,3-10,12H2,1-2H3. The average molecular weight is 291 g/mol. The van der Waals surface area contributed by atoms with E-state index in [0.29, 0.717) is 18.1 Å². The van der Waals surface area contributed by atoms with Crippen LogP contribution in [0.5, 0.6) is 0 Å². The van der Waals surface area contributed by atoms with Crippen molar-refractivity contribution >= 4 is 0 Å². The number of rotatable bonds is 6. The summed E-state index contributed by atoms with van der Waals surface area (Å²) in [7, 11) is 0. The number of nitrogens with one attached hydrogen (secondary N) is 1. The molecule has 0 spiro atoms. The van der Waals surface area contributed by atoms with Crippen LogP contribution in [0.4, 0.5) is 0 Å². The number of fused-ring (bicyclic) bond motifs is 2. The lowest BCUT2D eigenvalue weighted by atomic mass is 9.81. The Morgan fingerprint density at radius 1 is 1.29 bits per heavy atom. The summed E-state index contributed by atoms with van der Waals surface area (Å²) in [5, 5.41) is 3.73. The van der Waals surface area contributed by atoms with E-state index in [0.717, 1.165) is 31.2 Å².